The SMILES string of the molecule is CCOc1ccc([C@@H]2CC(=O)C3=C(C2)Nc2ccccc2N[C@@H]3c2ccncc2)cc1. The number of benzene rings is 2. The van der Waals surface area contributed by atoms with E-state index in [1.54, 1.807) is 12.4 Å². The van der Waals surface area contributed by atoms with Gasteiger partial charge in [-0.15, -0.1) is 0 Å². The standard InChI is InChI=1S/C26H25N3O2/c1-2-31-20-9-7-17(8-10-20)19-15-23-25(24(30)16-19)26(18-11-13-27-14-12-18)29-22-6-4-3-5-21(22)28-23/h3-14,19,26,28-29H,2,15-16H2,1H3/t19-,26+/m0/s1. The van der Waals surface area contributed by atoms with E-state index in [9.17, 15) is 4.79 Å². The Kier molecular flexibility index (Phi) is 5.16. The molecule has 0 saturated heterocycles. The van der Waals surface area contributed by atoms with Crippen LogP contribution in [0.5, 0.6) is 5.75 Å². The average molecular weight is 412 g/mol. The lowest BCUT2D eigenvalue weighted by molar-refractivity contribution is -0.116. The van der Waals surface area contributed by atoms with Gasteiger partial charge in [0.1, 0.15) is 5.75 Å². The summed E-state index contributed by atoms with van der Waals surface area (Å²) in [4.78, 5) is 17.6. The Labute approximate surface area is 182 Å². The smallest absolute Gasteiger partial charge is 0.163 e. The second-order valence-electron chi connectivity index (χ2n) is 7.95. The van der Waals surface area contributed by atoms with Gasteiger partial charge in [0, 0.05) is 30.1 Å². The van der Waals surface area contributed by atoms with E-state index < -0.39 is 0 Å². The lowest BCUT2D eigenvalue weighted by Gasteiger charge is -2.30. The first-order valence-corrected chi connectivity index (χ1v) is 10.7. The Bertz CT molecular complexity index is 1120. The van der Waals surface area contributed by atoms with Crippen molar-refractivity contribution in [3.8, 4) is 5.75 Å². The fraction of sp³-hybridized carbons (Fsp3) is 0.231. The van der Waals surface area contributed by atoms with E-state index in [-0.39, 0.29) is 17.7 Å². The molecular formula is C26H25N3O2. The third-order valence-corrected chi connectivity index (χ3v) is 6.01. The number of pyridine rings is 1. The van der Waals surface area contributed by atoms with Crippen LogP contribution in [0, 0.1) is 0 Å². The van der Waals surface area contributed by atoms with Crippen molar-refractivity contribution in [3.05, 3.63) is 95.5 Å². The number of nitrogens with zero attached hydrogens (tertiary/aromatic N) is 1. The number of carbonyl (C=O) groups excluding carboxylic acids is 1. The number of hydrogen-bond acceptors (Lipinski definition) is 5. The zero-order chi connectivity index (χ0) is 21.2. The summed E-state index contributed by atoms with van der Waals surface area (Å²) in [6.07, 6.45) is 4.83. The number of anilines is 2. The first-order valence-electron chi connectivity index (χ1n) is 10.7. The summed E-state index contributed by atoms with van der Waals surface area (Å²) in [7, 11) is 0. The summed E-state index contributed by atoms with van der Waals surface area (Å²) >= 11 is 0. The number of para-hydroxylation sites is 2. The lowest BCUT2D eigenvalue weighted by Crippen LogP contribution is -2.26. The van der Waals surface area contributed by atoms with Crippen LogP contribution >= 0.6 is 0 Å². The lowest BCUT2D eigenvalue weighted by atomic mass is 9.78. The highest BCUT2D eigenvalue weighted by Crippen LogP contribution is 2.44. The van der Waals surface area contributed by atoms with E-state index >= 15 is 0 Å². The molecule has 3 aromatic rings. The second-order valence-corrected chi connectivity index (χ2v) is 7.95. The van der Waals surface area contributed by atoms with E-state index in [2.05, 4.69) is 27.8 Å². The zero-order valence-electron chi connectivity index (χ0n) is 17.5. The van der Waals surface area contributed by atoms with Crippen molar-refractivity contribution in [2.45, 2.75) is 31.7 Å². The quantitative estimate of drug-likeness (QED) is 0.597. The Hall–Kier alpha value is -3.60. The van der Waals surface area contributed by atoms with Crippen LogP contribution in [0.2, 0.25) is 0 Å². The van der Waals surface area contributed by atoms with Gasteiger partial charge >= 0.3 is 0 Å². The largest absolute Gasteiger partial charge is 0.494 e. The summed E-state index contributed by atoms with van der Waals surface area (Å²) in [6.45, 7) is 2.62. The number of Topliss-reactive ketones (excluding diaryl/α,β-unsaturated/α-hetero) is 1. The topological polar surface area (TPSA) is 63.2 Å². The third kappa shape index (κ3) is 3.79. The molecule has 5 rings (SSSR count). The maximum Gasteiger partial charge on any atom is 0.163 e. The van der Waals surface area contributed by atoms with Gasteiger partial charge < -0.3 is 15.4 Å². The molecule has 0 amide bonds. The van der Waals surface area contributed by atoms with Crippen LogP contribution in [0.4, 0.5) is 11.4 Å². The molecule has 0 spiro atoms. The van der Waals surface area contributed by atoms with Crippen LogP contribution in [-0.4, -0.2) is 17.4 Å². The normalized spacial score (nSPS) is 20.1. The van der Waals surface area contributed by atoms with Gasteiger partial charge in [0.25, 0.3) is 0 Å². The van der Waals surface area contributed by atoms with Crippen molar-refractivity contribution < 1.29 is 9.53 Å². The second kappa shape index (κ2) is 8.26. The molecule has 5 nitrogen and oxygen atoms in total. The summed E-state index contributed by atoms with van der Waals surface area (Å²) in [6, 6.07) is 20.0. The molecular weight excluding hydrogens is 386 g/mol. The molecule has 5 heteroatoms. The monoisotopic (exact) mass is 411 g/mol. The van der Waals surface area contributed by atoms with Gasteiger partial charge in [-0.2, -0.15) is 0 Å². The van der Waals surface area contributed by atoms with E-state index in [0.29, 0.717) is 13.0 Å². The number of fused-ring (bicyclic) bond motifs is 1. The Balaban J connectivity index is 1.54. The van der Waals surface area contributed by atoms with Gasteiger partial charge in [-0.25, -0.2) is 0 Å². The molecule has 0 unspecified atom stereocenters. The number of nitrogens with one attached hydrogen (secondary N) is 2. The molecule has 2 aliphatic rings. The first-order chi connectivity index (χ1) is 15.2. The van der Waals surface area contributed by atoms with Crippen molar-refractivity contribution in [2.75, 3.05) is 17.2 Å². The maximum atomic E-state index is 13.5. The molecule has 0 fully saturated rings. The zero-order valence-corrected chi connectivity index (χ0v) is 17.5. The van der Waals surface area contributed by atoms with Crippen molar-refractivity contribution in [3.63, 3.8) is 0 Å². The van der Waals surface area contributed by atoms with Crippen LogP contribution in [0.1, 0.15) is 42.9 Å². The number of aromatic nitrogens is 1. The van der Waals surface area contributed by atoms with Crippen LogP contribution in [0.15, 0.2) is 84.3 Å². The van der Waals surface area contributed by atoms with Crippen molar-refractivity contribution in [1.82, 2.24) is 4.98 Å². The molecule has 2 aromatic carbocycles. The molecule has 1 aliphatic carbocycles. The van der Waals surface area contributed by atoms with Crippen LogP contribution in [0.25, 0.3) is 0 Å². The molecule has 0 bridgehead atoms. The highest BCUT2D eigenvalue weighted by Gasteiger charge is 2.35. The van der Waals surface area contributed by atoms with E-state index in [0.717, 1.165) is 45.9 Å². The summed E-state index contributed by atoms with van der Waals surface area (Å²) in [5, 5.41) is 7.17. The number of ether oxygens (including phenoxy) is 1. The summed E-state index contributed by atoms with van der Waals surface area (Å²) in [5.74, 6) is 1.17. The van der Waals surface area contributed by atoms with Crippen molar-refractivity contribution >= 4 is 17.2 Å². The molecule has 31 heavy (non-hydrogen) atoms. The van der Waals surface area contributed by atoms with Gasteiger partial charge in [-0.3, -0.25) is 9.78 Å². The Morgan fingerprint density at radius 2 is 1.68 bits per heavy atom. The molecule has 2 heterocycles. The first kappa shape index (κ1) is 19.4. The van der Waals surface area contributed by atoms with Gasteiger partial charge in [0.15, 0.2) is 5.78 Å². The van der Waals surface area contributed by atoms with Gasteiger partial charge in [-0.1, -0.05) is 24.3 Å². The minimum Gasteiger partial charge on any atom is -0.494 e. The molecule has 156 valence electrons. The van der Waals surface area contributed by atoms with E-state index in [4.69, 9.17) is 4.74 Å². The van der Waals surface area contributed by atoms with Gasteiger partial charge in [0.2, 0.25) is 0 Å². The maximum absolute atomic E-state index is 13.5. The van der Waals surface area contributed by atoms with Gasteiger partial charge in [-0.05, 0) is 66.8 Å². The van der Waals surface area contributed by atoms with Crippen LogP contribution in [0.3, 0.4) is 0 Å². The molecule has 0 radical (unpaired) electrons. The highest BCUT2D eigenvalue weighted by molar-refractivity contribution is 6.01. The fourth-order valence-electron chi connectivity index (χ4n) is 4.54. The molecule has 2 atom stereocenters. The van der Waals surface area contributed by atoms with E-state index in [1.165, 1.54) is 0 Å². The number of allylic oxidation sites excluding steroid dienone is 1. The third-order valence-electron chi connectivity index (χ3n) is 6.01. The number of ketones is 1. The number of hydrogen-bond donors (Lipinski definition) is 2. The highest BCUT2D eigenvalue weighted by atomic mass is 16.5. The van der Waals surface area contributed by atoms with Crippen molar-refractivity contribution in [2.24, 2.45) is 0 Å². The summed E-state index contributed by atoms with van der Waals surface area (Å²) < 4.78 is 5.57. The molecule has 2 N–H and O–H groups in total. The minimum absolute atomic E-state index is 0.137. The average Bonchev–Trinajstić information content (AvgIpc) is 2.97. The fourth-order valence-corrected chi connectivity index (χ4v) is 4.54. The van der Waals surface area contributed by atoms with Crippen LogP contribution in [-0.2, 0) is 4.79 Å². The Morgan fingerprint density at radius 3 is 2.42 bits per heavy atom. The predicted molar refractivity (Wildman–Crippen MR) is 122 cm³/mol. The molecule has 0 saturated carbocycles. The number of rotatable bonds is 4. The predicted octanol–water partition coefficient (Wildman–Crippen LogP) is 5.46. The number of carbonyl (C=O) groups is 1. The van der Waals surface area contributed by atoms with Crippen LogP contribution < -0.4 is 15.4 Å². The molecule has 1 aromatic heterocycles. The van der Waals surface area contributed by atoms with Gasteiger partial charge in [0.05, 0.1) is 24.0 Å². The van der Waals surface area contributed by atoms with E-state index in [1.807, 2.05) is 55.5 Å². The molecule has 1 aliphatic heterocycles. The summed E-state index contributed by atoms with van der Waals surface area (Å²) in [5.41, 5.74) is 6.00. The van der Waals surface area contributed by atoms with Crippen molar-refractivity contribution in [1.29, 1.82) is 0 Å². The minimum atomic E-state index is -0.206. The Morgan fingerprint density at radius 1 is 0.935 bits per heavy atom.